The van der Waals surface area contributed by atoms with E-state index in [9.17, 15) is 0 Å². The normalized spacial score (nSPS) is 11.6. The van der Waals surface area contributed by atoms with E-state index in [1.54, 1.807) is 0 Å². The average molecular weight is 702 g/mol. The van der Waals surface area contributed by atoms with Crippen molar-refractivity contribution in [2.24, 2.45) is 0 Å². The van der Waals surface area contributed by atoms with Gasteiger partial charge in [0, 0.05) is 27.5 Å². The minimum absolute atomic E-state index is 0.595. The lowest BCUT2D eigenvalue weighted by atomic mass is 9.95. The predicted octanol–water partition coefficient (Wildman–Crippen LogP) is 13.6. The van der Waals surface area contributed by atoms with Gasteiger partial charge in [-0.25, -0.2) is 15.0 Å². The van der Waals surface area contributed by atoms with Crippen molar-refractivity contribution in [3.63, 3.8) is 0 Å². The largest absolute Gasteiger partial charge is 0.456 e. The fraction of sp³-hybridized carbons (Fsp3) is 0. The van der Waals surface area contributed by atoms with Gasteiger partial charge in [0.1, 0.15) is 11.2 Å². The first-order valence-electron chi connectivity index (χ1n) is 18.5. The molecule has 0 aliphatic rings. The van der Waals surface area contributed by atoms with E-state index >= 15 is 0 Å². The topological polar surface area (TPSA) is 51.8 Å². The fourth-order valence-electron chi connectivity index (χ4n) is 8.04. The van der Waals surface area contributed by atoms with Crippen LogP contribution in [0.25, 0.3) is 111 Å². The van der Waals surface area contributed by atoms with Crippen LogP contribution in [0.5, 0.6) is 0 Å². The summed E-state index contributed by atoms with van der Waals surface area (Å²) >= 11 is 0. The van der Waals surface area contributed by atoms with Crippen LogP contribution in [0.2, 0.25) is 0 Å². The van der Waals surface area contributed by atoms with Gasteiger partial charge in [0.05, 0.1) is 0 Å². The van der Waals surface area contributed by atoms with Crippen LogP contribution in [0.4, 0.5) is 0 Å². The van der Waals surface area contributed by atoms with Crippen LogP contribution >= 0.6 is 0 Å². The van der Waals surface area contributed by atoms with Crippen LogP contribution in [0.15, 0.2) is 192 Å². The Morgan fingerprint density at radius 1 is 0.291 bits per heavy atom. The van der Waals surface area contributed by atoms with Crippen molar-refractivity contribution in [1.82, 2.24) is 15.0 Å². The van der Waals surface area contributed by atoms with Gasteiger partial charge >= 0.3 is 0 Å². The number of benzene rings is 9. The molecule has 0 spiro atoms. The summed E-state index contributed by atoms with van der Waals surface area (Å²) in [6.07, 6.45) is 0. The first-order valence-corrected chi connectivity index (χ1v) is 18.5. The van der Waals surface area contributed by atoms with E-state index in [1.165, 1.54) is 27.3 Å². The molecule has 11 rings (SSSR count). The summed E-state index contributed by atoms with van der Waals surface area (Å²) in [4.78, 5) is 15.7. The minimum atomic E-state index is 0.595. The van der Waals surface area contributed by atoms with Crippen LogP contribution in [0.3, 0.4) is 0 Å². The fourth-order valence-corrected chi connectivity index (χ4v) is 8.04. The average Bonchev–Trinajstić information content (AvgIpc) is 3.65. The molecule has 0 fully saturated rings. The molecule has 4 heteroatoms. The summed E-state index contributed by atoms with van der Waals surface area (Å²) in [6.45, 7) is 0. The number of hydrogen-bond donors (Lipinski definition) is 0. The highest BCUT2D eigenvalue weighted by Gasteiger charge is 2.19. The number of fused-ring (bicyclic) bond motifs is 6. The molecule has 0 saturated heterocycles. The second-order valence-corrected chi connectivity index (χ2v) is 14.0. The number of furan rings is 1. The number of para-hydroxylation sites is 1. The molecular weight excluding hydrogens is 671 g/mol. The Labute approximate surface area is 317 Å². The maximum Gasteiger partial charge on any atom is 0.164 e. The molecule has 256 valence electrons. The molecule has 0 bridgehead atoms. The molecule has 4 nitrogen and oxygen atoms in total. The summed E-state index contributed by atoms with van der Waals surface area (Å²) in [6, 6.07) is 65.9. The quantitative estimate of drug-likeness (QED) is 0.179. The maximum atomic E-state index is 6.30. The summed E-state index contributed by atoms with van der Waals surface area (Å²) in [5.41, 5.74) is 9.06. The van der Waals surface area contributed by atoms with E-state index in [0.717, 1.165) is 65.9 Å². The highest BCUT2D eigenvalue weighted by molar-refractivity contribution is 6.12. The van der Waals surface area contributed by atoms with E-state index in [1.807, 2.05) is 36.4 Å². The molecule has 0 aliphatic carbocycles. The number of aromatic nitrogens is 3. The maximum absolute atomic E-state index is 6.30. The number of nitrogens with zero attached hydrogens (tertiary/aromatic N) is 3. The van der Waals surface area contributed by atoms with Crippen LogP contribution in [-0.2, 0) is 0 Å². The Morgan fingerprint density at radius 2 is 0.855 bits per heavy atom. The van der Waals surface area contributed by atoms with Gasteiger partial charge in [-0.1, -0.05) is 152 Å². The Morgan fingerprint density at radius 3 is 1.69 bits per heavy atom. The van der Waals surface area contributed by atoms with E-state index in [0.29, 0.717) is 17.5 Å². The van der Waals surface area contributed by atoms with Crippen molar-refractivity contribution in [3.8, 4) is 56.4 Å². The molecule has 0 unspecified atom stereocenters. The van der Waals surface area contributed by atoms with Gasteiger partial charge in [-0.15, -0.1) is 0 Å². The Balaban J connectivity index is 1.11. The smallest absolute Gasteiger partial charge is 0.164 e. The van der Waals surface area contributed by atoms with Crippen LogP contribution < -0.4 is 0 Å². The zero-order valence-electron chi connectivity index (χ0n) is 29.6. The highest BCUT2D eigenvalue weighted by atomic mass is 16.3. The molecule has 0 N–H and O–H groups in total. The van der Waals surface area contributed by atoms with E-state index in [2.05, 4.69) is 152 Å². The predicted molar refractivity (Wildman–Crippen MR) is 227 cm³/mol. The third kappa shape index (κ3) is 5.34. The highest BCUT2D eigenvalue weighted by Crippen LogP contribution is 2.39. The zero-order valence-corrected chi connectivity index (χ0v) is 29.6. The van der Waals surface area contributed by atoms with Crippen molar-refractivity contribution in [1.29, 1.82) is 0 Å². The Kier molecular flexibility index (Phi) is 7.14. The van der Waals surface area contributed by atoms with Crippen molar-refractivity contribution < 1.29 is 4.42 Å². The van der Waals surface area contributed by atoms with Crippen LogP contribution in [-0.4, -0.2) is 15.0 Å². The Hall–Kier alpha value is -7.43. The zero-order chi connectivity index (χ0) is 36.3. The van der Waals surface area contributed by atoms with Crippen molar-refractivity contribution in [3.05, 3.63) is 188 Å². The molecule has 0 amide bonds. The van der Waals surface area contributed by atoms with Gasteiger partial charge < -0.3 is 4.42 Å². The number of rotatable bonds is 5. The van der Waals surface area contributed by atoms with Gasteiger partial charge in [0.15, 0.2) is 17.5 Å². The summed E-state index contributed by atoms with van der Waals surface area (Å²) in [7, 11) is 0. The van der Waals surface area contributed by atoms with Gasteiger partial charge in [0.2, 0.25) is 0 Å². The third-order valence-electron chi connectivity index (χ3n) is 10.7. The van der Waals surface area contributed by atoms with Gasteiger partial charge in [-0.05, 0) is 91.0 Å². The summed E-state index contributed by atoms with van der Waals surface area (Å²) in [5, 5.41) is 9.07. The lowest BCUT2D eigenvalue weighted by Crippen LogP contribution is -2.01. The first-order chi connectivity index (χ1) is 27.2. The minimum Gasteiger partial charge on any atom is -0.456 e. The molecule has 0 atom stereocenters. The molecule has 55 heavy (non-hydrogen) atoms. The van der Waals surface area contributed by atoms with Crippen LogP contribution in [0.1, 0.15) is 0 Å². The summed E-state index contributed by atoms with van der Waals surface area (Å²) in [5.74, 6) is 1.82. The van der Waals surface area contributed by atoms with Gasteiger partial charge in [-0.2, -0.15) is 0 Å². The van der Waals surface area contributed by atoms with E-state index in [4.69, 9.17) is 19.4 Å². The molecule has 2 aromatic heterocycles. The monoisotopic (exact) mass is 701 g/mol. The van der Waals surface area contributed by atoms with E-state index in [-0.39, 0.29) is 0 Å². The SMILES string of the molecule is c1ccc(-c2cc(-c3nc(-c4ccc5cc(-c6cccc7ccccc67)ccc5c4)nc(-c4cccc5oc6ccccc6c45)n3)cc3ccccc23)cc1. The second kappa shape index (κ2) is 12.6. The standard InChI is InChI=1S/C51H31N3O/c1-2-12-33(13-3-1)45-31-39(30-36-15-5-7-18-42(36)45)50-52-49(53-51(54-50)44-21-11-23-47-48(44)43-19-8-9-22-46(43)55-47)38-27-25-34-28-37(26-24-35(34)29-38)41-20-10-16-32-14-4-6-17-40(32)41/h1-31H. The third-order valence-corrected chi connectivity index (χ3v) is 10.7. The van der Waals surface area contributed by atoms with Crippen LogP contribution in [0, 0.1) is 0 Å². The number of hydrogen-bond acceptors (Lipinski definition) is 4. The van der Waals surface area contributed by atoms with E-state index < -0.39 is 0 Å². The lowest BCUT2D eigenvalue weighted by molar-refractivity contribution is 0.669. The molecule has 11 aromatic rings. The lowest BCUT2D eigenvalue weighted by Gasteiger charge is -2.13. The first kappa shape index (κ1) is 31.1. The Bertz CT molecular complexity index is 3270. The second-order valence-electron chi connectivity index (χ2n) is 14.0. The van der Waals surface area contributed by atoms with Crippen molar-refractivity contribution >= 4 is 54.3 Å². The van der Waals surface area contributed by atoms with Gasteiger partial charge in [0.25, 0.3) is 0 Å². The molecular formula is C51H31N3O. The van der Waals surface area contributed by atoms with Gasteiger partial charge in [-0.3, -0.25) is 0 Å². The molecule has 9 aromatic carbocycles. The van der Waals surface area contributed by atoms with Crippen molar-refractivity contribution in [2.45, 2.75) is 0 Å². The molecule has 0 aliphatic heterocycles. The summed E-state index contributed by atoms with van der Waals surface area (Å²) < 4.78 is 6.30. The van der Waals surface area contributed by atoms with Crippen molar-refractivity contribution in [2.75, 3.05) is 0 Å². The molecule has 0 saturated carbocycles. The molecule has 0 radical (unpaired) electrons. The molecule has 2 heterocycles.